The number of hydrogen-bond donors (Lipinski definition) is 1. The Balaban J connectivity index is 2.43. The Bertz CT molecular complexity index is 831. The van der Waals surface area contributed by atoms with Crippen molar-refractivity contribution in [2.45, 2.75) is 30.6 Å². The number of sulfonamides is 2. The van der Waals surface area contributed by atoms with Crippen LogP contribution in [0.1, 0.15) is 24.8 Å². The molecule has 1 saturated heterocycles. The van der Waals surface area contributed by atoms with Crippen LogP contribution in [0.2, 0.25) is 0 Å². The van der Waals surface area contributed by atoms with E-state index in [0.717, 1.165) is 25.5 Å². The zero-order chi connectivity index (χ0) is 19.4. The second-order valence-corrected chi connectivity index (χ2v) is 9.94. The fraction of sp³-hybridized carbons (Fsp3) is 0.625. The first-order chi connectivity index (χ1) is 12.2. The van der Waals surface area contributed by atoms with Crippen molar-refractivity contribution in [2.24, 2.45) is 0 Å². The molecule has 26 heavy (non-hydrogen) atoms. The highest BCUT2D eigenvalue weighted by atomic mass is 32.2. The van der Waals surface area contributed by atoms with E-state index < -0.39 is 20.0 Å². The van der Waals surface area contributed by atoms with Gasteiger partial charge in [-0.05, 0) is 30.9 Å². The maximum Gasteiger partial charge on any atom is 0.243 e. The first-order valence-electron chi connectivity index (χ1n) is 8.38. The summed E-state index contributed by atoms with van der Waals surface area (Å²) in [6, 6.07) is 3.05. The van der Waals surface area contributed by atoms with Gasteiger partial charge in [0.25, 0.3) is 0 Å². The minimum atomic E-state index is -3.70. The summed E-state index contributed by atoms with van der Waals surface area (Å²) in [7, 11) is -4.14. The average molecular weight is 407 g/mol. The summed E-state index contributed by atoms with van der Waals surface area (Å²) in [5.41, 5.74) is 0.490. The number of hydrogen-bond acceptors (Lipinski definition) is 6. The summed E-state index contributed by atoms with van der Waals surface area (Å²) in [6.07, 6.45) is 3.96. The van der Waals surface area contributed by atoms with Crippen molar-refractivity contribution in [1.29, 1.82) is 0 Å². The number of piperidine rings is 1. The van der Waals surface area contributed by atoms with Gasteiger partial charge in [-0.15, -0.1) is 0 Å². The van der Waals surface area contributed by atoms with Crippen molar-refractivity contribution in [1.82, 2.24) is 9.03 Å². The summed E-state index contributed by atoms with van der Waals surface area (Å²) in [5, 5.41) is 0. The minimum absolute atomic E-state index is 0.0941. The van der Waals surface area contributed by atoms with Crippen molar-refractivity contribution in [2.75, 3.05) is 40.1 Å². The lowest BCUT2D eigenvalue weighted by atomic mass is 10.1. The zero-order valence-corrected chi connectivity index (χ0v) is 17.0. The van der Waals surface area contributed by atoms with Gasteiger partial charge < -0.3 is 9.47 Å². The number of rotatable bonds is 8. The molecule has 1 aliphatic heterocycles. The third-order valence-corrected chi connectivity index (χ3v) is 6.97. The SMILES string of the molecule is COc1cc(CCNS(C)(=O)=O)c(S(=O)(=O)N2CCCCC2)cc1OC. The topological polar surface area (TPSA) is 102 Å². The molecule has 1 N–H and O–H groups in total. The number of ether oxygens (including phenoxy) is 2. The molecule has 1 heterocycles. The second-order valence-electron chi connectivity index (χ2n) is 6.20. The largest absolute Gasteiger partial charge is 0.493 e. The quantitative estimate of drug-likeness (QED) is 0.690. The molecule has 1 fully saturated rings. The Morgan fingerprint density at radius 3 is 2.12 bits per heavy atom. The Labute approximate surface area is 155 Å². The van der Waals surface area contributed by atoms with Gasteiger partial charge >= 0.3 is 0 Å². The Morgan fingerprint density at radius 2 is 1.58 bits per heavy atom. The monoisotopic (exact) mass is 406 g/mol. The van der Waals surface area contributed by atoms with Gasteiger partial charge in [0.05, 0.1) is 25.4 Å². The van der Waals surface area contributed by atoms with Gasteiger partial charge in [-0.3, -0.25) is 0 Å². The van der Waals surface area contributed by atoms with E-state index >= 15 is 0 Å². The van der Waals surface area contributed by atoms with Crippen LogP contribution in [0.5, 0.6) is 11.5 Å². The average Bonchev–Trinajstić information content (AvgIpc) is 2.60. The number of nitrogens with one attached hydrogen (secondary N) is 1. The predicted molar refractivity (Wildman–Crippen MR) is 98.7 cm³/mol. The number of nitrogens with zero attached hydrogens (tertiary/aromatic N) is 1. The second kappa shape index (κ2) is 8.55. The molecule has 0 radical (unpaired) electrons. The van der Waals surface area contributed by atoms with Gasteiger partial charge in [0.15, 0.2) is 11.5 Å². The highest BCUT2D eigenvalue weighted by molar-refractivity contribution is 7.89. The fourth-order valence-corrected chi connectivity index (χ4v) is 5.19. The normalized spacial score (nSPS) is 16.4. The molecule has 8 nitrogen and oxygen atoms in total. The van der Waals surface area contributed by atoms with Crippen LogP contribution in [0.15, 0.2) is 17.0 Å². The maximum absolute atomic E-state index is 13.1. The van der Waals surface area contributed by atoms with Crippen LogP contribution in [0.25, 0.3) is 0 Å². The smallest absolute Gasteiger partial charge is 0.243 e. The third kappa shape index (κ3) is 5.09. The van der Waals surface area contributed by atoms with Crippen molar-refractivity contribution in [3.05, 3.63) is 17.7 Å². The van der Waals surface area contributed by atoms with E-state index in [1.165, 1.54) is 24.6 Å². The lowest BCUT2D eigenvalue weighted by Crippen LogP contribution is -2.36. The van der Waals surface area contributed by atoms with E-state index in [4.69, 9.17) is 9.47 Å². The van der Waals surface area contributed by atoms with E-state index in [0.29, 0.717) is 30.2 Å². The first kappa shape index (κ1) is 20.9. The molecule has 148 valence electrons. The van der Waals surface area contributed by atoms with Crippen LogP contribution < -0.4 is 14.2 Å². The molecule has 10 heteroatoms. The van der Waals surface area contributed by atoms with Crippen LogP contribution >= 0.6 is 0 Å². The molecule has 0 bridgehead atoms. The van der Waals surface area contributed by atoms with E-state index in [1.807, 2.05) is 0 Å². The maximum atomic E-state index is 13.1. The molecule has 1 aliphatic rings. The van der Waals surface area contributed by atoms with Crippen molar-refractivity contribution >= 4 is 20.0 Å². The lowest BCUT2D eigenvalue weighted by Gasteiger charge is -2.27. The summed E-state index contributed by atoms with van der Waals surface area (Å²) in [6.45, 7) is 1.06. The van der Waals surface area contributed by atoms with Crippen molar-refractivity contribution in [3.8, 4) is 11.5 Å². The number of methoxy groups -OCH3 is 2. The van der Waals surface area contributed by atoms with Gasteiger partial charge in [0, 0.05) is 25.7 Å². The Morgan fingerprint density at radius 1 is 1.00 bits per heavy atom. The highest BCUT2D eigenvalue weighted by Crippen LogP contribution is 2.34. The van der Waals surface area contributed by atoms with E-state index in [2.05, 4.69) is 4.72 Å². The van der Waals surface area contributed by atoms with E-state index in [1.54, 1.807) is 6.07 Å². The van der Waals surface area contributed by atoms with Crippen LogP contribution in [0, 0.1) is 0 Å². The van der Waals surface area contributed by atoms with Gasteiger partial charge in [-0.25, -0.2) is 21.6 Å². The molecular formula is C16H26N2O6S2. The summed E-state index contributed by atoms with van der Waals surface area (Å²) in [4.78, 5) is 0.132. The molecule has 1 aromatic carbocycles. The van der Waals surface area contributed by atoms with Crippen molar-refractivity contribution in [3.63, 3.8) is 0 Å². The summed E-state index contributed by atoms with van der Waals surface area (Å²) >= 11 is 0. The first-order valence-corrected chi connectivity index (χ1v) is 11.7. The van der Waals surface area contributed by atoms with Gasteiger partial charge in [0.2, 0.25) is 20.0 Å². The molecule has 2 rings (SSSR count). The highest BCUT2D eigenvalue weighted by Gasteiger charge is 2.29. The minimum Gasteiger partial charge on any atom is -0.493 e. The number of benzene rings is 1. The Hall–Kier alpha value is -1.36. The Kier molecular flexibility index (Phi) is 6.89. The van der Waals surface area contributed by atoms with Gasteiger partial charge in [0.1, 0.15) is 0 Å². The molecule has 0 aliphatic carbocycles. The molecular weight excluding hydrogens is 380 g/mol. The lowest BCUT2D eigenvalue weighted by molar-refractivity contribution is 0.343. The zero-order valence-electron chi connectivity index (χ0n) is 15.3. The predicted octanol–water partition coefficient (Wildman–Crippen LogP) is 0.970. The van der Waals surface area contributed by atoms with Crippen molar-refractivity contribution < 1.29 is 26.3 Å². The van der Waals surface area contributed by atoms with Gasteiger partial charge in [-0.1, -0.05) is 6.42 Å². The van der Waals surface area contributed by atoms with Crippen LogP contribution in [-0.2, 0) is 26.5 Å². The standard InChI is InChI=1S/C16H26N2O6S2/c1-23-14-11-13(7-8-17-25(3,19)20)16(12-15(14)24-2)26(21,22)18-9-5-4-6-10-18/h11-12,17H,4-10H2,1-3H3. The molecule has 0 aromatic heterocycles. The fourth-order valence-electron chi connectivity index (χ4n) is 2.95. The molecule has 0 spiro atoms. The molecule has 0 unspecified atom stereocenters. The summed E-state index contributed by atoms with van der Waals surface area (Å²) < 4.78 is 63.2. The molecule has 1 aromatic rings. The van der Waals surface area contributed by atoms with Crippen LogP contribution in [0.4, 0.5) is 0 Å². The van der Waals surface area contributed by atoms with E-state index in [-0.39, 0.29) is 17.9 Å². The summed E-state index contributed by atoms with van der Waals surface area (Å²) in [5.74, 6) is 0.724. The van der Waals surface area contributed by atoms with Gasteiger partial charge in [-0.2, -0.15) is 4.31 Å². The van der Waals surface area contributed by atoms with Crippen LogP contribution in [-0.4, -0.2) is 61.3 Å². The third-order valence-electron chi connectivity index (χ3n) is 4.26. The molecule has 0 atom stereocenters. The van der Waals surface area contributed by atoms with Crippen LogP contribution in [0.3, 0.4) is 0 Å². The molecule has 0 saturated carbocycles. The van der Waals surface area contributed by atoms with E-state index in [9.17, 15) is 16.8 Å². The molecule has 0 amide bonds.